The number of ether oxygens (including phenoxy) is 1. The molecule has 0 aliphatic heterocycles. The average molecular weight is 386 g/mol. The van der Waals surface area contributed by atoms with E-state index in [-0.39, 0.29) is 11.5 Å². The first-order chi connectivity index (χ1) is 13.4. The molecule has 28 heavy (non-hydrogen) atoms. The molecule has 0 radical (unpaired) electrons. The number of rotatable bonds is 4. The zero-order chi connectivity index (χ0) is 19.7. The van der Waals surface area contributed by atoms with Gasteiger partial charge >= 0.3 is 6.36 Å². The molecule has 0 aliphatic carbocycles. The van der Waals surface area contributed by atoms with E-state index in [4.69, 9.17) is 0 Å². The van der Waals surface area contributed by atoms with Crippen molar-refractivity contribution < 1.29 is 23.0 Å². The van der Waals surface area contributed by atoms with E-state index in [0.717, 1.165) is 5.69 Å². The van der Waals surface area contributed by atoms with Crippen molar-refractivity contribution in [3.63, 3.8) is 0 Å². The molecule has 0 saturated heterocycles. The molecule has 9 heteroatoms. The quantitative estimate of drug-likeness (QED) is 0.496. The molecule has 0 bridgehead atoms. The zero-order valence-electron chi connectivity index (χ0n) is 14.2. The van der Waals surface area contributed by atoms with Crippen LogP contribution >= 0.6 is 0 Å². The number of nitrogens with zero attached hydrogens (tertiary/aromatic N) is 3. The number of alkyl halides is 3. The van der Waals surface area contributed by atoms with Crippen LogP contribution in [0.2, 0.25) is 0 Å². The van der Waals surface area contributed by atoms with Crippen LogP contribution in [0.4, 0.5) is 24.7 Å². The Balaban J connectivity index is 1.63. The highest BCUT2D eigenvalue weighted by Gasteiger charge is 2.31. The number of anilines is 2. The van der Waals surface area contributed by atoms with E-state index in [9.17, 15) is 18.3 Å². The Morgan fingerprint density at radius 1 is 0.964 bits per heavy atom. The maximum Gasteiger partial charge on any atom is 0.573 e. The van der Waals surface area contributed by atoms with Crippen molar-refractivity contribution in [3.8, 4) is 22.6 Å². The molecule has 0 unspecified atom stereocenters. The lowest BCUT2D eigenvalue weighted by atomic mass is 10.1. The third kappa shape index (κ3) is 3.83. The fourth-order valence-corrected chi connectivity index (χ4v) is 2.67. The number of benzene rings is 2. The molecular formula is C19H13F3N4O2. The summed E-state index contributed by atoms with van der Waals surface area (Å²) in [7, 11) is 0. The van der Waals surface area contributed by atoms with Gasteiger partial charge in [-0.3, -0.25) is 0 Å². The molecule has 6 nitrogen and oxygen atoms in total. The van der Waals surface area contributed by atoms with E-state index in [1.54, 1.807) is 47.2 Å². The standard InChI is InChI=1S/C19H13F3N4O2/c20-19(21,22)28-15-7-1-12(2-8-15)16-11-23-26-10-9-17(25-18(16)26)24-13-3-5-14(27)6-4-13/h1-11,27H,(H,24,25). The van der Waals surface area contributed by atoms with Gasteiger partial charge in [0.1, 0.15) is 17.3 Å². The Morgan fingerprint density at radius 3 is 2.36 bits per heavy atom. The van der Waals surface area contributed by atoms with Crippen molar-refractivity contribution >= 4 is 17.2 Å². The minimum Gasteiger partial charge on any atom is -0.508 e. The summed E-state index contributed by atoms with van der Waals surface area (Å²) in [6.07, 6.45) is -1.43. The summed E-state index contributed by atoms with van der Waals surface area (Å²) in [6.45, 7) is 0. The Hall–Kier alpha value is -3.75. The van der Waals surface area contributed by atoms with Gasteiger partial charge in [0.2, 0.25) is 0 Å². The Labute approximate surface area is 156 Å². The van der Waals surface area contributed by atoms with Gasteiger partial charge in [0.05, 0.1) is 6.20 Å². The van der Waals surface area contributed by atoms with Crippen molar-refractivity contribution in [2.75, 3.05) is 5.32 Å². The second-order valence-corrected chi connectivity index (χ2v) is 5.88. The van der Waals surface area contributed by atoms with Gasteiger partial charge in [-0.2, -0.15) is 5.10 Å². The molecule has 2 aromatic carbocycles. The minimum atomic E-state index is -4.73. The van der Waals surface area contributed by atoms with E-state index in [0.29, 0.717) is 22.6 Å². The summed E-state index contributed by atoms with van der Waals surface area (Å²) in [4.78, 5) is 4.53. The third-order valence-electron chi connectivity index (χ3n) is 3.91. The van der Waals surface area contributed by atoms with Crippen LogP contribution in [0.25, 0.3) is 16.8 Å². The van der Waals surface area contributed by atoms with Crippen LogP contribution in [0.1, 0.15) is 0 Å². The van der Waals surface area contributed by atoms with Crippen molar-refractivity contribution in [2.45, 2.75) is 6.36 Å². The molecule has 0 atom stereocenters. The average Bonchev–Trinajstić information content (AvgIpc) is 3.06. The minimum absolute atomic E-state index is 0.157. The lowest BCUT2D eigenvalue weighted by Gasteiger charge is -2.09. The molecule has 0 spiro atoms. The van der Waals surface area contributed by atoms with Gasteiger partial charge in [-0.1, -0.05) is 12.1 Å². The largest absolute Gasteiger partial charge is 0.573 e. The van der Waals surface area contributed by atoms with Crippen molar-refractivity contribution in [2.24, 2.45) is 0 Å². The molecule has 0 amide bonds. The third-order valence-corrected chi connectivity index (χ3v) is 3.91. The Morgan fingerprint density at radius 2 is 1.68 bits per heavy atom. The second kappa shape index (κ2) is 6.76. The first-order valence-electron chi connectivity index (χ1n) is 8.14. The van der Waals surface area contributed by atoms with Crippen LogP contribution in [-0.2, 0) is 0 Å². The molecule has 2 heterocycles. The van der Waals surface area contributed by atoms with Crippen LogP contribution in [-0.4, -0.2) is 26.1 Å². The normalized spacial score (nSPS) is 11.5. The predicted octanol–water partition coefficient (Wildman–Crippen LogP) is 4.74. The molecule has 2 N–H and O–H groups in total. The summed E-state index contributed by atoms with van der Waals surface area (Å²) in [6, 6.07) is 13.8. The number of phenols is 1. The topological polar surface area (TPSA) is 71.7 Å². The molecule has 4 rings (SSSR count). The highest BCUT2D eigenvalue weighted by molar-refractivity contribution is 5.78. The number of halogens is 3. The lowest BCUT2D eigenvalue weighted by Crippen LogP contribution is -2.16. The monoisotopic (exact) mass is 386 g/mol. The molecular weight excluding hydrogens is 373 g/mol. The van der Waals surface area contributed by atoms with Gasteiger partial charge < -0.3 is 15.2 Å². The maximum atomic E-state index is 12.3. The predicted molar refractivity (Wildman–Crippen MR) is 96.5 cm³/mol. The van der Waals surface area contributed by atoms with E-state index in [2.05, 4.69) is 20.1 Å². The van der Waals surface area contributed by atoms with E-state index >= 15 is 0 Å². The fourth-order valence-electron chi connectivity index (χ4n) is 2.67. The van der Waals surface area contributed by atoms with Crippen molar-refractivity contribution in [3.05, 3.63) is 67.0 Å². The van der Waals surface area contributed by atoms with Gasteiger partial charge in [0.25, 0.3) is 0 Å². The molecule has 0 aliphatic rings. The van der Waals surface area contributed by atoms with E-state index < -0.39 is 6.36 Å². The van der Waals surface area contributed by atoms with E-state index in [1.165, 1.54) is 24.3 Å². The summed E-state index contributed by atoms with van der Waals surface area (Å²) in [5, 5.41) is 16.7. The SMILES string of the molecule is Oc1ccc(Nc2ccn3ncc(-c4ccc(OC(F)(F)F)cc4)c3n2)cc1. The number of hydrogen-bond acceptors (Lipinski definition) is 5. The van der Waals surface area contributed by atoms with Crippen molar-refractivity contribution in [1.29, 1.82) is 0 Å². The second-order valence-electron chi connectivity index (χ2n) is 5.88. The highest BCUT2D eigenvalue weighted by atomic mass is 19.4. The number of fused-ring (bicyclic) bond motifs is 1. The Bertz CT molecular complexity index is 1110. The summed E-state index contributed by atoms with van der Waals surface area (Å²) >= 11 is 0. The van der Waals surface area contributed by atoms with Gasteiger partial charge in [-0.05, 0) is 48.0 Å². The van der Waals surface area contributed by atoms with Crippen molar-refractivity contribution in [1.82, 2.24) is 14.6 Å². The molecule has 0 saturated carbocycles. The van der Waals surface area contributed by atoms with Crippen LogP contribution in [0.3, 0.4) is 0 Å². The van der Waals surface area contributed by atoms with Gasteiger partial charge in [-0.25, -0.2) is 9.50 Å². The van der Waals surface area contributed by atoms with E-state index in [1.807, 2.05) is 0 Å². The first-order valence-corrected chi connectivity index (χ1v) is 8.14. The zero-order valence-corrected chi connectivity index (χ0v) is 14.2. The van der Waals surface area contributed by atoms with Gasteiger partial charge in [0, 0.05) is 17.4 Å². The van der Waals surface area contributed by atoms with Gasteiger partial charge in [0.15, 0.2) is 5.65 Å². The van der Waals surface area contributed by atoms with Crippen LogP contribution in [0.15, 0.2) is 67.0 Å². The smallest absolute Gasteiger partial charge is 0.508 e. The lowest BCUT2D eigenvalue weighted by molar-refractivity contribution is -0.274. The molecule has 4 aromatic rings. The number of aromatic nitrogens is 3. The number of aromatic hydroxyl groups is 1. The number of hydrogen-bond donors (Lipinski definition) is 2. The van der Waals surface area contributed by atoms with Crippen LogP contribution < -0.4 is 10.1 Å². The van der Waals surface area contributed by atoms with Gasteiger partial charge in [-0.15, -0.1) is 13.2 Å². The Kier molecular flexibility index (Phi) is 4.26. The maximum absolute atomic E-state index is 12.3. The molecule has 2 aromatic heterocycles. The fraction of sp³-hybridized carbons (Fsp3) is 0.0526. The summed E-state index contributed by atoms with van der Waals surface area (Å²) in [5.74, 6) is 0.414. The molecule has 0 fully saturated rings. The number of nitrogens with one attached hydrogen (secondary N) is 1. The first kappa shape index (κ1) is 17.7. The number of phenolic OH excluding ortho intramolecular Hbond substituents is 1. The van der Waals surface area contributed by atoms with Crippen LogP contribution in [0, 0.1) is 0 Å². The summed E-state index contributed by atoms with van der Waals surface area (Å²) in [5.41, 5.74) is 2.59. The molecule has 142 valence electrons. The summed E-state index contributed by atoms with van der Waals surface area (Å²) < 4.78 is 42.4. The highest BCUT2D eigenvalue weighted by Crippen LogP contribution is 2.29. The van der Waals surface area contributed by atoms with Crippen LogP contribution in [0.5, 0.6) is 11.5 Å².